The average Bonchev–Trinajstić information content (AvgIpc) is 3.04. The predicted octanol–water partition coefficient (Wildman–Crippen LogP) is 4.10. The second-order valence-electron chi connectivity index (χ2n) is 7.69. The van der Waals surface area contributed by atoms with Crippen LogP contribution in [0.25, 0.3) is 0 Å². The maximum absolute atomic E-state index is 12.2. The van der Waals surface area contributed by atoms with Gasteiger partial charge in [0.2, 0.25) is 0 Å². The molecule has 1 aromatic rings. The van der Waals surface area contributed by atoms with E-state index < -0.39 is 5.60 Å². The third-order valence-electron chi connectivity index (χ3n) is 4.48. The molecule has 1 fully saturated rings. The molecule has 25 heavy (non-hydrogen) atoms. The Hall–Kier alpha value is -1.69. The summed E-state index contributed by atoms with van der Waals surface area (Å²) < 4.78 is 5.46. The maximum atomic E-state index is 12.2. The van der Waals surface area contributed by atoms with Crippen LogP contribution in [0.5, 0.6) is 0 Å². The van der Waals surface area contributed by atoms with E-state index in [0.29, 0.717) is 11.2 Å². The van der Waals surface area contributed by atoms with Crippen molar-refractivity contribution in [2.24, 2.45) is 10.9 Å². The third kappa shape index (κ3) is 4.69. The first-order valence-electron chi connectivity index (χ1n) is 8.86. The Morgan fingerprint density at radius 2 is 1.88 bits per heavy atom. The minimum absolute atomic E-state index is 0.202. The number of nitrogens with two attached hydrogens (primary N) is 1. The molecule has 2 N–H and O–H groups in total. The molecule has 3 rings (SSSR count). The van der Waals surface area contributed by atoms with E-state index in [4.69, 9.17) is 15.5 Å². The highest BCUT2D eigenvalue weighted by Gasteiger charge is 2.32. The van der Waals surface area contributed by atoms with Gasteiger partial charge in [0.25, 0.3) is 0 Å². The number of thioether (sulfide) groups is 1. The first-order chi connectivity index (χ1) is 11.8. The molecule has 6 heteroatoms. The Balaban J connectivity index is 1.50. The summed E-state index contributed by atoms with van der Waals surface area (Å²) >= 11 is 1.87. The molecule has 1 saturated heterocycles. The summed E-state index contributed by atoms with van der Waals surface area (Å²) in [7, 11) is 0. The fourth-order valence-corrected chi connectivity index (χ4v) is 4.45. The Morgan fingerprint density at radius 1 is 1.24 bits per heavy atom. The summed E-state index contributed by atoms with van der Waals surface area (Å²) in [5, 5.41) is 1.63. The zero-order chi connectivity index (χ0) is 18.0. The van der Waals surface area contributed by atoms with Crippen molar-refractivity contribution in [3.8, 4) is 0 Å². The fraction of sp³-hybridized carbons (Fsp3) is 0.579. The second kappa shape index (κ2) is 7.28. The molecule has 0 spiro atoms. The number of carbonyl (C=O) groups is 1. The average molecular weight is 362 g/mol. The molecule has 2 aliphatic rings. The highest BCUT2D eigenvalue weighted by molar-refractivity contribution is 8.14. The zero-order valence-corrected chi connectivity index (χ0v) is 16.0. The van der Waals surface area contributed by atoms with Gasteiger partial charge in [-0.25, -0.2) is 4.79 Å². The van der Waals surface area contributed by atoms with Gasteiger partial charge in [-0.05, 0) is 51.3 Å². The van der Waals surface area contributed by atoms with Crippen molar-refractivity contribution in [1.29, 1.82) is 0 Å². The molecule has 2 aliphatic heterocycles. The lowest BCUT2D eigenvalue weighted by molar-refractivity contribution is 0.0202. The minimum atomic E-state index is -0.439. The monoisotopic (exact) mass is 361 g/mol. The second-order valence-corrected chi connectivity index (χ2v) is 8.92. The molecular weight excluding hydrogens is 334 g/mol. The number of hydrogen-bond donors (Lipinski definition) is 1. The van der Waals surface area contributed by atoms with E-state index in [0.717, 1.165) is 38.2 Å². The molecule has 0 saturated carbocycles. The van der Waals surface area contributed by atoms with Gasteiger partial charge in [-0.2, -0.15) is 0 Å². The van der Waals surface area contributed by atoms with Crippen molar-refractivity contribution in [1.82, 2.24) is 4.90 Å². The lowest BCUT2D eigenvalue weighted by Crippen LogP contribution is -2.42. The van der Waals surface area contributed by atoms with Crippen molar-refractivity contribution >= 4 is 28.6 Å². The molecule has 0 bridgehead atoms. The lowest BCUT2D eigenvalue weighted by Gasteiger charge is -2.33. The molecule has 136 valence electrons. The molecule has 1 aromatic carbocycles. The Labute approximate surface area is 154 Å². The molecule has 1 atom stereocenters. The standard InChI is InChI=1S/C19H27N3O2S/c1-19(2,3)24-18(23)22-10-8-14(9-11-22)17-21-12-16(25-17)13-4-6-15(20)7-5-13/h4-7,14,16H,8-12,20H2,1-3H3. The molecular formula is C19H27N3O2S. The lowest BCUT2D eigenvalue weighted by atomic mass is 9.98. The van der Waals surface area contributed by atoms with Crippen molar-refractivity contribution in [3.05, 3.63) is 29.8 Å². The molecule has 1 unspecified atom stereocenters. The van der Waals surface area contributed by atoms with Gasteiger partial charge in [0.05, 0.1) is 16.8 Å². The van der Waals surface area contributed by atoms with Crippen LogP contribution >= 0.6 is 11.8 Å². The number of ether oxygens (including phenoxy) is 1. The van der Waals surface area contributed by atoms with E-state index in [1.165, 1.54) is 10.6 Å². The van der Waals surface area contributed by atoms with Crippen LogP contribution in [0.4, 0.5) is 10.5 Å². The summed E-state index contributed by atoms with van der Waals surface area (Å²) in [6, 6.07) is 8.09. The number of likely N-dealkylation sites (tertiary alicyclic amines) is 1. The normalized spacial score (nSPS) is 22.0. The van der Waals surface area contributed by atoms with Crippen molar-refractivity contribution in [2.75, 3.05) is 25.4 Å². The Kier molecular flexibility index (Phi) is 5.27. The number of benzene rings is 1. The topological polar surface area (TPSA) is 67.9 Å². The number of anilines is 1. The van der Waals surface area contributed by atoms with E-state index in [1.807, 2.05) is 49.6 Å². The van der Waals surface area contributed by atoms with E-state index in [-0.39, 0.29) is 6.09 Å². The number of nitrogen functional groups attached to an aromatic ring is 1. The number of nitrogens with zero attached hydrogens (tertiary/aromatic N) is 2. The number of rotatable bonds is 2. The highest BCUT2D eigenvalue weighted by Crippen LogP contribution is 2.40. The number of aliphatic imine (C=N–C) groups is 1. The number of hydrogen-bond acceptors (Lipinski definition) is 5. The summed E-state index contributed by atoms with van der Waals surface area (Å²) in [6.45, 7) is 8.02. The highest BCUT2D eigenvalue weighted by atomic mass is 32.2. The quantitative estimate of drug-likeness (QED) is 0.805. The molecule has 0 aromatic heterocycles. The maximum Gasteiger partial charge on any atom is 0.410 e. The van der Waals surface area contributed by atoms with Crippen LogP contribution in [0.15, 0.2) is 29.3 Å². The van der Waals surface area contributed by atoms with Crippen molar-refractivity contribution < 1.29 is 9.53 Å². The van der Waals surface area contributed by atoms with Gasteiger partial charge in [0.1, 0.15) is 5.60 Å². The fourth-order valence-electron chi connectivity index (χ4n) is 3.14. The van der Waals surface area contributed by atoms with Gasteiger partial charge in [-0.1, -0.05) is 12.1 Å². The Bertz CT molecular complexity index is 644. The molecule has 5 nitrogen and oxygen atoms in total. The van der Waals surface area contributed by atoms with Crippen LogP contribution in [-0.2, 0) is 4.74 Å². The predicted molar refractivity (Wildman–Crippen MR) is 104 cm³/mol. The van der Waals surface area contributed by atoms with E-state index >= 15 is 0 Å². The van der Waals surface area contributed by atoms with Crippen molar-refractivity contribution in [3.63, 3.8) is 0 Å². The molecule has 2 heterocycles. The van der Waals surface area contributed by atoms with Crippen LogP contribution < -0.4 is 5.73 Å². The van der Waals surface area contributed by atoms with Crippen LogP contribution in [0, 0.1) is 5.92 Å². The van der Waals surface area contributed by atoms with Crippen molar-refractivity contribution in [2.45, 2.75) is 44.5 Å². The molecule has 1 amide bonds. The van der Waals surface area contributed by atoms with Gasteiger partial charge in [0.15, 0.2) is 0 Å². The molecule has 0 aliphatic carbocycles. The van der Waals surface area contributed by atoms with Gasteiger partial charge in [0, 0.05) is 24.7 Å². The first kappa shape index (κ1) is 18.1. The zero-order valence-electron chi connectivity index (χ0n) is 15.2. The third-order valence-corrected chi connectivity index (χ3v) is 5.89. The van der Waals surface area contributed by atoms with Gasteiger partial charge < -0.3 is 15.4 Å². The van der Waals surface area contributed by atoms with Crippen LogP contribution in [0.2, 0.25) is 0 Å². The van der Waals surface area contributed by atoms with E-state index in [9.17, 15) is 4.79 Å². The van der Waals surface area contributed by atoms with Gasteiger partial charge in [-0.3, -0.25) is 4.99 Å². The van der Waals surface area contributed by atoms with Gasteiger partial charge in [-0.15, -0.1) is 11.8 Å². The number of carbonyl (C=O) groups excluding carboxylic acids is 1. The largest absolute Gasteiger partial charge is 0.444 e. The first-order valence-corrected chi connectivity index (χ1v) is 9.74. The SMILES string of the molecule is CC(C)(C)OC(=O)N1CCC(C2=NCC(c3ccc(N)cc3)S2)CC1. The molecule has 0 radical (unpaired) electrons. The summed E-state index contributed by atoms with van der Waals surface area (Å²) in [4.78, 5) is 18.8. The van der Waals surface area contributed by atoms with Crippen LogP contribution in [0.1, 0.15) is 44.4 Å². The van der Waals surface area contributed by atoms with E-state index in [2.05, 4.69) is 12.1 Å². The summed E-state index contributed by atoms with van der Waals surface area (Å²) in [5.41, 5.74) is 7.40. The smallest absolute Gasteiger partial charge is 0.410 e. The van der Waals surface area contributed by atoms with Crippen LogP contribution in [-0.4, -0.2) is 41.3 Å². The van der Waals surface area contributed by atoms with E-state index in [1.54, 1.807) is 0 Å². The Morgan fingerprint density at radius 3 is 2.48 bits per heavy atom. The minimum Gasteiger partial charge on any atom is -0.444 e. The summed E-state index contributed by atoms with van der Waals surface area (Å²) in [6.07, 6.45) is 1.71. The van der Waals surface area contributed by atoms with Crippen LogP contribution in [0.3, 0.4) is 0 Å². The number of amides is 1. The number of piperidine rings is 1. The van der Waals surface area contributed by atoms with Gasteiger partial charge >= 0.3 is 6.09 Å². The summed E-state index contributed by atoms with van der Waals surface area (Å²) in [5.74, 6) is 0.461.